The lowest BCUT2D eigenvalue weighted by molar-refractivity contribution is -0.385. The van der Waals surface area contributed by atoms with E-state index in [-0.39, 0.29) is 22.0 Å². The average molecular weight is 560 g/mol. The molecule has 0 radical (unpaired) electrons. The van der Waals surface area contributed by atoms with Crippen molar-refractivity contribution in [2.24, 2.45) is 5.10 Å². The van der Waals surface area contributed by atoms with Gasteiger partial charge in [-0.15, -0.1) is 0 Å². The van der Waals surface area contributed by atoms with Crippen molar-refractivity contribution in [1.29, 1.82) is 0 Å². The number of sulfonamides is 1. The van der Waals surface area contributed by atoms with Crippen molar-refractivity contribution >= 4 is 39.0 Å². The molecule has 0 fully saturated rings. The van der Waals surface area contributed by atoms with Gasteiger partial charge in [0.05, 0.1) is 29.6 Å². The molecular formula is C29H29N5O5S. The SMILES string of the molecule is CCN(Cc1ccccc1)c1ccc(C=NNc2ccc([N+](=O)[O-])cc2S(=O)(=O)Nc2ccccc2OC)cc1. The Labute approximate surface area is 233 Å². The van der Waals surface area contributed by atoms with Crippen molar-refractivity contribution in [2.45, 2.75) is 18.4 Å². The molecule has 0 aliphatic rings. The van der Waals surface area contributed by atoms with E-state index in [1.807, 2.05) is 42.5 Å². The van der Waals surface area contributed by atoms with Gasteiger partial charge in [0.15, 0.2) is 0 Å². The number of nitro groups is 1. The summed E-state index contributed by atoms with van der Waals surface area (Å²) in [4.78, 5) is 12.6. The molecule has 0 spiro atoms. The Morgan fingerprint density at radius 3 is 2.33 bits per heavy atom. The highest BCUT2D eigenvalue weighted by Crippen LogP contribution is 2.31. The molecule has 206 valence electrons. The largest absolute Gasteiger partial charge is 0.495 e. The number of hydrogen-bond donors (Lipinski definition) is 2. The van der Waals surface area contributed by atoms with Gasteiger partial charge in [-0.05, 0) is 48.4 Å². The maximum atomic E-state index is 13.3. The molecule has 0 bridgehead atoms. The first-order valence-corrected chi connectivity index (χ1v) is 13.9. The highest BCUT2D eigenvalue weighted by atomic mass is 32.2. The fourth-order valence-electron chi connectivity index (χ4n) is 4.01. The van der Waals surface area contributed by atoms with Crippen LogP contribution in [0.1, 0.15) is 18.1 Å². The minimum atomic E-state index is -4.25. The number of methoxy groups -OCH3 is 1. The van der Waals surface area contributed by atoms with Crippen LogP contribution in [0.3, 0.4) is 0 Å². The van der Waals surface area contributed by atoms with E-state index in [9.17, 15) is 18.5 Å². The Morgan fingerprint density at radius 2 is 1.65 bits per heavy atom. The number of hydrogen-bond acceptors (Lipinski definition) is 8. The number of anilines is 3. The molecule has 0 aliphatic heterocycles. The third-order valence-electron chi connectivity index (χ3n) is 6.07. The molecule has 0 saturated heterocycles. The molecule has 0 heterocycles. The van der Waals surface area contributed by atoms with E-state index in [2.05, 4.69) is 39.2 Å². The molecular weight excluding hydrogens is 530 g/mol. The quantitative estimate of drug-likeness (QED) is 0.126. The number of nitrogens with one attached hydrogen (secondary N) is 2. The van der Waals surface area contributed by atoms with Crippen LogP contribution in [0.25, 0.3) is 0 Å². The molecule has 4 aromatic rings. The molecule has 0 saturated carbocycles. The van der Waals surface area contributed by atoms with Gasteiger partial charge in [0, 0.05) is 30.9 Å². The van der Waals surface area contributed by atoms with Gasteiger partial charge < -0.3 is 9.64 Å². The van der Waals surface area contributed by atoms with Gasteiger partial charge in [-0.25, -0.2) is 8.42 Å². The maximum absolute atomic E-state index is 13.3. The molecule has 11 heteroatoms. The zero-order valence-corrected chi connectivity index (χ0v) is 22.8. The van der Waals surface area contributed by atoms with Crippen molar-refractivity contribution in [3.05, 3.63) is 118 Å². The van der Waals surface area contributed by atoms with Gasteiger partial charge in [0.1, 0.15) is 10.6 Å². The van der Waals surface area contributed by atoms with Gasteiger partial charge >= 0.3 is 0 Å². The first-order valence-electron chi connectivity index (χ1n) is 12.4. The Hall–Kier alpha value is -4.90. The van der Waals surface area contributed by atoms with Crippen LogP contribution in [0.5, 0.6) is 5.75 Å². The number of nitrogens with zero attached hydrogens (tertiary/aromatic N) is 3. The Kier molecular flexibility index (Phi) is 8.97. The Balaban J connectivity index is 1.53. The van der Waals surface area contributed by atoms with Gasteiger partial charge in [0.2, 0.25) is 0 Å². The monoisotopic (exact) mass is 559 g/mol. The van der Waals surface area contributed by atoms with Crippen LogP contribution in [0, 0.1) is 10.1 Å². The highest BCUT2D eigenvalue weighted by Gasteiger charge is 2.23. The van der Waals surface area contributed by atoms with E-state index >= 15 is 0 Å². The van der Waals surface area contributed by atoms with Crippen molar-refractivity contribution in [3.8, 4) is 5.75 Å². The molecule has 10 nitrogen and oxygen atoms in total. The summed E-state index contributed by atoms with van der Waals surface area (Å²) in [6.07, 6.45) is 1.54. The predicted octanol–water partition coefficient (Wildman–Crippen LogP) is 5.88. The fourth-order valence-corrected chi connectivity index (χ4v) is 5.25. The molecule has 0 amide bonds. The van der Waals surface area contributed by atoms with Gasteiger partial charge in [-0.2, -0.15) is 5.10 Å². The van der Waals surface area contributed by atoms with Crippen molar-refractivity contribution < 1.29 is 18.1 Å². The number of hydrazone groups is 1. The zero-order chi connectivity index (χ0) is 28.5. The Bertz CT molecular complexity index is 1590. The highest BCUT2D eigenvalue weighted by molar-refractivity contribution is 7.93. The second-order valence-corrected chi connectivity index (χ2v) is 10.4. The number of rotatable bonds is 12. The van der Waals surface area contributed by atoms with Crippen LogP contribution in [0.15, 0.2) is 107 Å². The molecule has 4 aromatic carbocycles. The Morgan fingerprint density at radius 1 is 0.950 bits per heavy atom. The summed E-state index contributed by atoms with van der Waals surface area (Å²) in [6.45, 7) is 3.72. The number of para-hydroxylation sites is 2. The molecule has 0 aliphatic carbocycles. The van der Waals surface area contributed by atoms with E-state index in [1.165, 1.54) is 30.9 Å². The normalized spacial score (nSPS) is 11.2. The maximum Gasteiger partial charge on any atom is 0.270 e. The van der Waals surface area contributed by atoms with Gasteiger partial charge in [-0.3, -0.25) is 20.3 Å². The summed E-state index contributed by atoms with van der Waals surface area (Å²) in [5.41, 5.74) is 5.66. The third-order valence-corrected chi connectivity index (χ3v) is 7.48. The number of non-ortho nitro benzene ring substituents is 1. The number of ether oxygens (including phenoxy) is 1. The molecule has 0 atom stereocenters. The second kappa shape index (κ2) is 12.8. The van der Waals surface area contributed by atoms with E-state index in [0.717, 1.165) is 30.4 Å². The van der Waals surface area contributed by atoms with Crippen LogP contribution >= 0.6 is 0 Å². The van der Waals surface area contributed by atoms with Crippen LogP contribution in [-0.2, 0) is 16.6 Å². The summed E-state index contributed by atoms with van der Waals surface area (Å²) in [5.74, 6) is 0.304. The van der Waals surface area contributed by atoms with E-state index in [4.69, 9.17) is 4.74 Å². The van der Waals surface area contributed by atoms with Crippen LogP contribution < -0.4 is 19.8 Å². The van der Waals surface area contributed by atoms with E-state index in [1.54, 1.807) is 24.4 Å². The molecule has 40 heavy (non-hydrogen) atoms. The van der Waals surface area contributed by atoms with E-state index in [0.29, 0.717) is 5.75 Å². The first-order chi connectivity index (χ1) is 19.3. The van der Waals surface area contributed by atoms with Crippen molar-refractivity contribution in [2.75, 3.05) is 28.7 Å². The summed E-state index contributed by atoms with van der Waals surface area (Å²) in [7, 11) is -2.83. The zero-order valence-electron chi connectivity index (χ0n) is 22.0. The molecule has 4 rings (SSSR count). The van der Waals surface area contributed by atoms with Crippen molar-refractivity contribution in [3.63, 3.8) is 0 Å². The van der Waals surface area contributed by atoms with Crippen LogP contribution in [0.2, 0.25) is 0 Å². The van der Waals surface area contributed by atoms with Crippen LogP contribution in [-0.4, -0.2) is 33.2 Å². The summed E-state index contributed by atoms with van der Waals surface area (Å²) in [6, 6.07) is 28.0. The lowest BCUT2D eigenvalue weighted by atomic mass is 10.1. The summed E-state index contributed by atoms with van der Waals surface area (Å²) < 4.78 is 34.2. The lowest BCUT2D eigenvalue weighted by Crippen LogP contribution is -2.21. The minimum absolute atomic E-state index is 0.0703. The predicted molar refractivity (Wildman–Crippen MR) is 158 cm³/mol. The molecule has 0 unspecified atom stereocenters. The number of benzene rings is 4. The minimum Gasteiger partial charge on any atom is -0.495 e. The second-order valence-electron chi connectivity index (χ2n) is 8.70. The molecule has 0 aromatic heterocycles. The standard InChI is InChI=1S/C29H29N5O5S/c1-3-33(21-23-9-5-4-6-10-23)24-15-13-22(14-16-24)20-30-31-27-18-17-25(34(35)36)19-29(27)40(37,38)32-26-11-7-8-12-28(26)39-2/h4-20,31-32H,3,21H2,1-2H3. The van der Waals surface area contributed by atoms with Gasteiger partial charge in [0.25, 0.3) is 15.7 Å². The summed E-state index contributed by atoms with van der Waals surface area (Å²) in [5, 5.41) is 15.6. The van der Waals surface area contributed by atoms with Gasteiger partial charge in [-0.1, -0.05) is 54.6 Å². The topological polar surface area (TPSA) is 126 Å². The lowest BCUT2D eigenvalue weighted by Gasteiger charge is -2.23. The van der Waals surface area contributed by atoms with Crippen molar-refractivity contribution in [1.82, 2.24) is 0 Å². The average Bonchev–Trinajstić information content (AvgIpc) is 2.97. The van der Waals surface area contributed by atoms with E-state index < -0.39 is 14.9 Å². The smallest absolute Gasteiger partial charge is 0.270 e. The number of nitro benzene ring substituents is 1. The first kappa shape index (κ1) is 28.1. The fraction of sp³-hybridized carbons (Fsp3) is 0.138. The summed E-state index contributed by atoms with van der Waals surface area (Å²) >= 11 is 0. The third kappa shape index (κ3) is 6.94. The molecule has 2 N–H and O–H groups in total. The van der Waals surface area contributed by atoms with Crippen LogP contribution in [0.4, 0.5) is 22.7 Å².